The third-order valence-corrected chi connectivity index (χ3v) is 4.29. The van der Waals surface area contributed by atoms with E-state index in [0.717, 1.165) is 17.9 Å². The highest BCUT2D eigenvalue weighted by Crippen LogP contribution is 2.37. The van der Waals surface area contributed by atoms with Crippen LogP contribution < -0.4 is 9.47 Å². The molecule has 3 heteroatoms. The molecular weight excluding hydrogens is 304 g/mol. The normalized spacial score (nSPS) is 12.2. The molecule has 0 N–H and O–H groups in total. The number of unbranched alkanes of at least 4 members (excludes halogenated alkanes) is 4. The van der Waals surface area contributed by atoms with Gasteiger partial charge >= 0.3 is 0 Å². The minimum absolute atomic E-state index is 0.333. The van der Waals surface area contributed by atoms with Gasteiger partial charge in [-0.05, 0) is 24.6 Å². The van der Waals surface area contributed by atoms with Crippen molar-refractivity contribution in [2.24, 2.45) is 0 Å². The number of hydrogen-bond donors (Lipinski definition) is 0. The van der Waals surface area contributed by atoms with E-state index in [1.54, 1.807) is 14.2 Å². The summed E-state index contributed by atoms with van der Waals surface area (Å²) in [6.07, 6.45) is 7.66. The summed E-state index contributed by atoms with van der Waals surface area (Å²) in [7, 11) is 3.41. The van der Waals surface area contributed by atoms with E-state index in [4.69, 9.17) is 9.47 Å². The smallest absolute Gasteiger partial charge is 0.123 e. The average Bonchev–Trinajstić information content (AvgIpc) is 2.46. The summed E-state index contributed by atoms with van der Waals surface area (Å²) >= 11 is 3.77. The zero-order chi connectivity index (χ0) is 14.1. The Balaban J connectivity index is 2.56. The second-order valence-corrected chi connectivity index (χ2v) is 5.88. The van der Waals surface area contributed by atoms with Gasteiger partial charge in [0.15, 0.2) is 0 Å². The largest absolute Gasteiger partial charge is 0.497 e. The predicted octanol–water partition coefficient (Wildman–Crippen LogP) is 5.50. The first kappa shape index (κ1) is 16.4. The second-order valence-electron chi connectivity index (χ2n) is 4.78. The Morgan fingerprint density at radius 2 is 1.79 bits per heavy atom. The number of rotatable bonds is 9. The molecule has 1 aromatic carbocycles. The number of alkyl halides is 1. The summed E-state index contributed by atoms with van der Waals surface area (Å²) in [5.74, 6) is 1.81. The molecule has 108 valence electrons. The lowest BCUT2D eigenvalue weighted by Crippen LogP contribution is -1.97. The second kappa shape index (κ2) is 9.24. The predicted molar refractivity (Wildman–Crippen MR) is 84.6 cm³/mol. The summed E-state index contributed by atoms with van der Waals surface area (Å²) in [4.78, 5) is 0.333. The minimum atomic E-state index is 0.333. The molecule has 0 spiro atoms. The lowest BCUT2D eigenvalue weighted by atomic mass is 10.0. The zero-order valence-electron chi connectivity index (χ0n) is 12.2. The van der Waals surface area contributed by atoms with Gasteiger partial charge in [0, 0.05) is 10.4 Å². The maximum Gasteiger partial charge on any atom is 0.123 e. The van der Waals surface area contributed by atoms with Gasteiger partial charge in [-0.3, -0.25) is 0 Å². The monoisotopic (exact) mass is 328 g/mol. The highest BCUT2D eigenvalue weighted by molar-refractivity contribution is 9.09. The third-order valence-electron chi connectivity index (χ3n) is 3.34. The Kier molecular flexibility index (Phi) is 7.96. The molecule has 1 aromatic rings. The van der Waals surface area contributed by atoms with E-state index in [9.17, 15) is 0 Å². The third kappa shape index (κ3) is 5.43. The maximum absolute atomic E-state index is 5.43. The average molecular weight is 329 g/mol. The number of ether oxygens (including phenoxy) is 2. The highest BCUT2D eigenvalue weighted by atomic mass is 79.9. The number of hydrogen-bond acceptors (Lipinski definition) is 2. The van der Waals surface area contributed by atoms with Gasteiger partial charge in [0.2, 0.25) is 0 Å². The van der Waals surface area contributed by atoms with Crippen molar-refractivity contribution in [3.8, 4) is 11.5 Å². The fraction of sp³-hybridized carbons (Fsp3) is 0.625. The van der Waals surface area contributed by atoms with E-state index in [1.807, 2.05) is 12.1 Å². The maximum atomic E-state index is 5.43. The first-order valence-electron chi connectivity index (χ1n) is 7.09. The van der Waals surface area contributed by atoms with Crippen molar-refractivity contribution in [1.29, 1.82) is 0 Å². The Hall–Kier alpha value is -0.700. The van der Waals surface area contributed by atoms with Crippen LogP contribution in [-0.2, 0) is 0 Å². The van der Waals surface area contributed by atoms with Gasteiger partial charge < -0.3 is 9.47 Å². The molecule has 1 unspecified atom stereocenters. The minimum Gasteiger partial charge on any atom is -0.497 e. The molecule has 0 amide bonds. The molecule has 0 aliphatic carbocycles. The number of halogens is 1. The molecule has 0 aromatic heterocycles. The fourth-order valence-electron chi connectivity index (χ4n) is 2.17. The summed E-state index contributed by atoms with van der Waals surface area (Å²) in [6.45, 7) is 2.24. The summed E-state index contributed by atoms with van der Waals surface area (Å²) < 4.78 is 10.7. The molecule has 0 radical (unpaired) electrons. The van der Waals surface area contributed by atoms with Crippen molar-refractivity contribution >= 4 is 15.9 Å². The van der Waals surface area contributed by atoms with Gasteiger partial charge in [0.05, 0.1) is 14.2 Å². The fourth-order valence-corrected chi connectivity index (χ4v) is 2.85. The molecular formula is C16H25BrO2. The summed E-state index contributed by atoms with van der Waals surface area (Å²) in [6, 6.07) is 5.97. The Morgan fingerprint density at radius 1 is 1.05 bits per heavy atom. The van der Waals surface area contributed by atoms with Crippen LogP contribution in [0.25, 0.3) is 0 Å². The van der Waals surface area contributed by atoms with E-state index < -0.39 is 0 Å². The van der Waals surface area contributed by atoms with E-state index >= 15 is 0 Å². The molecule has 1 atom stereocenters. The van der Waals surface area contributed by atoms with Crippen molar-refractivity contribution in [2.45, 2.75) is 50.3 Å². The van der Waals surface area contributed by atoms with E-state index in [2.05, 4.69) is 28.9 Å². The Morgan fingerprint density at radius 3 is 2.42 bits per heavy atom. The molecule has 0 aliphatic heterocycles. The Labute approximate surface area is 125 Å². The molecule has 0 saturated heterocycles. The van der Waals surface area contributed by atoms with Crippen molar-refractivity contribution in [2.75, 3.05) is 14.2 Å². The SMILES string of the molecule is CCCCCCCC(Br)c1cc(OC)ccc1OC. The van der Waals surface area contributed by atoms with E-state index in [-0.39, 0.29) is 0 Å². The van der Waals surface area contributed by atoms with E-state index in [1.165, 1.54) is 37.7 Å². The molecule has 0 bridgehead atoms. The van der Waals surface area contributed by atoms with Crippen LogP contribution in [0.2, 0.25) is 0 Å². The highest BCUT2D eigenvalue weighted by Gasteiger charge is 2.14. The lowest BCUT2D eigenvalue weighted by molar-refractivity contribution is 0.397. The standard InChI is InChI=1S/C16H25BrO2/c1-4-5-6-7-8-9-15(17)14-12-13(18-2)10-11-16(14)19-3/h10-12,15H,4-9H2,1-3H3. The van der Waals surface area contributed by atoms with Crippen LogP contribution in [0.15, 0.2) is 18.2 Å². The molecule has 0 aliphatic rings. The first-order chi connectivity index (χ1) is 9.22. The Bertz CT molecular complexity index is 366. The van der Waals surface area contributed by atoms with Crippen LogP contribution in [0.3, 0.4) is 0 Å². The first-order valence-corrected chi connectivity index (χ1v) is 8.00. The van der Waals surface area contributed by atoms with Crippen LogP contribution in [0.5, 0.6) is 11.5 Å². The van der Waals surface area contributed by atoms with Crippen molar-refractivity contribution in [1.82, 2.24) is 0 Å². The lowest BCUT2D eigenvalue weighted by Gasteiger charge is -2.15. The molecule has 0 heterocycles. The van der Waals surface area contributed by atoms with Crippen LogP contribution >= 0.6 is 15.9 Å². The molecule has 0 saturated carbocycles. The van der Waals surface area contributed by atoms with Gasteiger partial charge in [-0.2, -0.15) is 0 Å². The number of benzene rings is 1. The van der Waals surface area contributed by atoms with Gasteiger partial charge in [-0.15, -0.1) is 0 Å². The molecule has 1 rings (SSSR count). The molecule has 2 nitrogen and oxygen atoms in total. The zero-order valence-corrected chi connectivity index (χ0v) is 13.8. The van der Waals surface area contributed by atoms with Crippen LogP contribution in [0.4, 0.5) is 0 Å². The van der Waals surface area contributed by atoms with Gasteiger partial charge in [0.25, 0.3) is 0 Å². The van der Waals surface area contributed by atoms with Crippen molar-refractivity contribution < 1.29 is 9.47 Å². The van der Waals surface area contributed by atoms with Gasteiger partial charge in [-0.1, -0.05) is 55.0 Å². The number of methoxy groups -OCH3 is 2. The van der Waals surface area contributed by atoms with E-state index in [0.29, 0.717) is 4.83 Å². The van der Waals surface area contributed by atoms with Gasteiger partial charge in [0.1, 0.15) is 11.5 Å². The quantitative estimate of drug-likeness (QED) is 0.440. The van der Waals surface area contributed by atoms with Crippen LogP contribution in [0.1, 0.15) is 55.8 Å². The summed E-state index contributed by atoms with van der Waals surface area (Å²) in [5, 5.41) is 0. The van der Waals surface area contributed by atoms with Crippen LogP contribution in [-0.4, -0.2) is 14.2 Å². The van der Waals surface area contributed by atoms with Crippen molar-refractivity contribution in [3.05, 3.63) is 23.8 Å². The summed E-state index contributed by atoms with van der Waals surface area (Å²) in [5.41, 5.74) is 1.18. The van der Waals surface area contributed by atoms with Gasteiger partial charge in [-0.25, -0.2) is 0 Å². The van der Waals surface area contributed by atoms with Crippen molar-refractivity contribution in [3.63, 3.8) is 0 Å². The molecule has 19 heavy (non-hydrogen) atoms. The topological polar surface area (TPSA) is 18.5 Å². The molecule has 0 fully saturated rings. The van der Waals surface area contributed by atoms with Crippen LogP contribution in [0, 0.1) is 0 Å².